The van der Waals surface area contributed by atoms with Crippen molar-refractivity contribution in [3.05, 3.63) is 50.9 Å². The van der Waals surface area contributed by atoms with Gasteiger partial charge in [-0.3, -0.25) is 4.98 Å². The number of rotatable bonds is 3. The van der Waals surface area contributed by atoms with Crippen LogP contribution in [0.4, 0.5) is 4.39 Å². The van der Waals surface area contributed by atoms with Crippen molar-refractivity contribution in [3.8, 4) is 11.5 Å². The molecule has 0 bridgehead atoms. The summed E-state index contributed by atoms with van der Waals surface area (Å²) in [5.41, 5.74) is 6.18. The molecule has 0 radical (unpaired) electrons. The van der Waals surface area contributed by atoms with Crippen LogP contribution in [-0.4, -0.2) is 4.98 Å². The maximum Gasteiger partial charge on any atom is 0.180 e. The van der Waals surface area contributed by atoms with Crippen LogP contribution in [0.5, 0.6) is 11.5 Å². The molecule has 18 heavy (non-hydrogen) atoms. The van der Waals surface area contributed by atoms with Crippen molar-refractivity contribution in [2.45, 2.75) is 6.54 Å². The first-order valence-corrected chi connectivity index (χ1v) is 6.65. The highest BCUT2D eigenvalue weighted by Crippen LogP contribution is 2.31. The Kier molecular flexibility index (Phi) is 4.31. The van der Waals surface area contributed by atoms with E-state index in [1.165, 1.54) is 6.20 Å². The average Bonchev–Trinajstić information content (AvgIpc) is 2.35. The van der Waals surface area contributed by atoms with Crippen molar-refractivity contribution in [1.82, 2.24) is 4.98 Å². The number of ether oxygens (including phenoxy) is 1. The summed E-state index contributed by atoms with van der Waals surface area (Å²) in [6.45, 7) is 0.260. The van der Waals surface area contributed by atoms with Crippen LogP contribution in [0.25, 0.3) is 0 Å². The Morgan fingerprint density at radius 1 is 1.28 bits per heavy atom. The molecule has 0 aliphatic carbocycles. The Balaban J connectivity index is 2.33. The van der Waals surface area contributed by atoms with Crippen molar-refractivity contribution in [2.24, 2.45) is 5.73 Å². The molecule has 0 atom stereocenters. The average molecular weight is 376 g/mol. The van der Waals surface area contributed by atoms with Crippen LogP contribution in [0.1, 0.15) is 5.56 Å². The van der Waals surface area contributed by atoms with Gasteiger partial charge in [-0.1, -0.05) is 6.07 Å². The highest BCUT2D eigenvalue weighted by molar-refractivity contribution is 9.10. The van der Waals surface area contributed by atoms with Gasteiger partial charge in [0.05, 0.1) is 10.7 Å². The lowest BCUT2D eigenvalue weighted by atomic mass is 10.2. The molecule has 0 aliphatic heterocycles. The fraction of sp³-hybridized carbons (Fsp3) is 0.0833. The molecule has 0 aliphatic rings. The molecule has 0 saturated heterocycles. The van der Waals surface area contributed by atoms with Crippen molar-refractivity contribution in [1.29, 1.82) is 0 Å². The molecular formula is C12H9Br2FN2O. The van der Waals surface area contributed by atoms with Gasteiger partial charge in [0.2, 0.25) is 0 Å². The van der Waals surface area contributed by atoms with Crippen molar-refractivity contribution in [2.75, 3.05) is 0 Å². The summed E-state index contributed by atoms with van der Waals surface area (Å²) in [6, 6.07) is 4.97. The van der Waals surface area contributed by atoms with Gasteiger partial charge in [0.25, 0.3) is 0 Å². The molecule has 1 heterocycles. The van der Waals surface area contributed by atoms with Crippen LogP contribution in [0, 0.1) is 5.82 Å². The van der Waals surface area contributed by atoms with Crippen molar-refractivity contribution >= 4 is 31.9 Å². The van der Waals surface area contributed by atoms with Gasteiger partial charge >= 0.3 is 0 Å². The molecule has 94 valence electrons. The lowest BCUT2D eigenvalue weighted by Gasteiger charge is -2.09. The molecule has 0 amide bonds. The molecule has 0 spiro atoms. The Morgan fingerprint density at radius 3 is 2.72 bits per heavy atom. The second-order valence-electron chi connectivity index (χ2n) is 3.50. The number of pyridine rings is 1. The van der Waals surface area contributed by atoms with Gasteiger partial charge in [-0.15, -0.1) is 0 Å². The highest BCUT2D eigenvalue weighted by atomic mass is 79.9. The standard InChI is InChI=1S/C12H9Br2FN2O/c13-8-3-9(6-17-5-8)18-10-2-1-7(4-16)11(14)12(10)15/h1-3,5-6H,4,16H2. The number of benzene rings is 1. The first kappa shape index (κ1) is 13.5. The summed E-state index contributed by atoms with van der Waals surface area (Å²) >= 11 is 6.43. The normalized spacial score (nSPS) is 10.4. The fourth-order valence-corrected chi connectivity index (χ4v) is 2.22. The third-order valence-corrected chi connectivity index (χ3v) is 3.55. The number of halogens is 3. The van der Waals surface area contributed by atoms with Crippen molar-refractivity contribution < 1.29 is 9.13 Å². The predicted molar refractivity (Wildman–Crippen MR) is 74.0 cm³/mol. The maximum atomic E-state index is 14.0. The largest absolute Gasteiger partial charge is 0.453 e. The van der Waals surface area contributed by atoms with Crippen LogP contribution >= 0.6 is 31.9 Å². The van der Waals surface area contributed by atoms with E-state index in [1.54, 1.807) is 24.4 Å². The number of nitrogens with two attached hydrogens (primary N) is 1. The summed E-state index contributed by atoms with van der Waals surface area (Å²) < 4.78 is 20.5. The van der Waals surface area contributed by atoms with Gasteiger partial charge < -0.3 is 10.5 Å². The molecular weight excluding hydrogens is 367 g/mol. The zero-order chi connectivity index (χ0) is 13.1. The first-order valence-electron chi connectivity index (χ1n) is 5.07. The highest BCUT2D eigenvalue weighted by Gasteiger charge is 2.12. The monoisotopic (exact) mass is 374 g/mol. The molecule has 2 N–H and O–H groups in total. The summed E-state index contributed by atoms with van der Waals surface area (Å²) in [5.74, 6) is 0.104. The van der Waals surface area contributed by atoms with Gasteiger partial charge in [0, 0.05) is 17.2 Å². The summed E-state index contributed by atoms with van der Waals surface area (Å²) in [7, 11) is 0. The number of hydrogen-bond acceptors (Lipinski definition) is 3. The molecule has 2 rings (SSSR count). The number of hydrogen-bond donors (Lipinski definition) is 1. The van der Waals surface area contributed by atoms with Crippen LogP contribution in [-0.2, 0) is 6.54 Å². The van der Waals surface area contributed by atoms with E-state index in [9.17, 15) is 4.39 Å². The van der Waals surface area contributed by atoms with E-state index in [4.69, 9.17) is 10.5 Å². The van der Waals surface area contributed by atoms with Crippen LogP contribution in [0.3, 0.4) is 0 Å². The quantitative estimate of drug-likeness (QED) is 0.882. The van der Waals surface area contributed by atoms with Gasteiger partial charge in [-0.2, -0.15) is 0 Å². The molecule has 2 aromatic rings. The number of nitrogens with zero attached hydrogens (tertiary/aromatic N) is 1. The number of aromatic nitrogens is 1. The third-order valence-electron chi connectivity index (χ3n) is 2.25. The van der Waals surface area contributed by atoms with Gasteiger partial charge in [-0.05, 0) is 49.6 Å². The van der Waals surface area contributed by atoms with E-state index in [0.717, 1.165) is 4.47 Å². The van der Waals surface area contributed by atoms with Crippen LogP contribution in [0.15, 0.2) is 39.5 Å². The van der Waals surface area contributed by atoms with Gasteiger partial charge in [0.15, 0.2) is 11.6 Å². The minimum absolute atomic E-state index is 0.124. The van der Waals surface area contributed by atoms with Crippen LogP contribution < -0.4 is 10.5 Å². The summed E-state index contributed by atoms with van der Waals surface area (Å²) in [6.07, 6.45) is 3.13. The van der Waals surface area contributed by atoms with Gasteiger partial charge in [0.1, 0.15) is 5.75 Å². The second kappa shape index (κ2) is 5.77. The smallest absolute Gasteiger partial charge is 0.180 e. The minimum Gasteiger partial charge on any atom is -0.453 e. The lowest BCUT2D eigenvalue weighted by molar-refractivity contribution is 0.437. The van der Waals surface area contributed by atoms with Crippen LogP contribution in [0.2, 0.25) is 0 Å². The van der Waals surface area contributed by atoms with E-state index in [1.807, 2.05) is 0 Å². The Hall–Kier alpha value is -0.980. The molecule has 3 nitrogen and oxygen atoms in total. The third kappa shape index (κ3) is 2.88. The Morgan fingerprint density at radius 2 is 2.06 bits per heavy atom. The lowest BCUT2D eigenvalue weighted by Crippen LogP contribution is -2.00. The fourth-order valence-electron chi connectivity index (χ4n) is 1.38. The van der Waals surface area contributed by atoms with Crippen molar-refractivity contribution in [3.63, 3.8) is 0 Å². The predicted octanol–water partition coefficient (Wildman–Crippen LogP) is 4.00. The maximum absolute atomic E-state index is 14.0. The van der Waals surface area contributed by atoms with E-state index < -0.39 is 5.82 Å². The van der Waals surface area contributed by atoms with E-state index >= 15 is 0 Å². The Labute approximate surface area is 120 Å². The molecule has 1 aromatic carbocycles. The SMILES string of the molecule is NCc1ccc(Oc2cncc(Br)c2)c(F)c1Br. The zero-order valence-electron chi connectivity index (χ0n) is 9.16. The summed E-state index contributed by atoms with van der Waals surface area (Å²) in [5, 5.41) is 0. The second-order valence-corrected chi connectivity index (χ2v) is 5.20. The van der Waals surface area contributed by atoms with E-state index in [-0.39, 0.29) is 12.3 Å². The zero-order valence-corrected chi connectivity index (χ0v) is 12.3. The van der Waals surface area contributed by atoms with Gasteiger partial charge in [-0.25, -0.2) is 4.39 Å². The topological polar surface area (TPSA) is 48.1 Å². The summed E-state index contributed by atoms with van der Waals surface area (Å²) in [4.78, 5) is 3.94. The molecule has 1 aromatic heterocycles. The van der Waals surface area contributed by atoms with E-state index in [0.29, 0.717) is 15.8 Å². The molecule has 0 unspecified atom stereocenters. The first-order chi connectivity index (χ1) is 8.61. The molecule has 0 fully saturated rings. The molecule has 6 heteroatoms. The van der Waals surface area contributed by atoms with E-state index in [2.05, 4.69) is 36.8 Å². The minimum atomic E-state index is -0.474. The molecule has 0 saturated carbocycles. The Bertz CT molecular complexity index is 578.